The van der Waals surface area contributed by atoms with E-state index in [4.69, 9.17) is 9.47 Å². The van der Waals surface area contributed by atoms with Gasteiger partial charge in [0.05, 0.1) is 19.2 Å². The molecule has 0 saturated carbocycles. The minimum Gasteiger partial charge on any atom is -0.497 e. The number of pyridine rings is 1. The molecule has 0 radical (unpaired) electrons. The van der Waals surface area contributed by atoms with Gasteiger partial charge in [-0.25, -0.2) is 4.98 Å². The molecule has 1 N–H and O–H groups in total. The number of thiazole rings is 1. The third-order valence-electron chi connectivity index (χ3n) is 3.80. The van der Waals surface area contributed by atoms with Crippen molar-refractivity contribution < 1.29 is 19.1 Å². The number of benzene rings is 1. The number of hydrogen-bond acceptors (Lipinski definition) is 7. The van der Waals surface area contributed by atoms with Crippen LogP contribution in [0.1, 0.15) is 11.3 Å². The molecule has 0 aliphatic rings. The topological polar surface area (TPSA) is 90.4 Å². The second-order valence-corrected chi connectivity index (χ2v) is 6.71. The quantitative estimate of drug-likeness (QED) is 0.588. The molecule has 0 atom stereocenters. The van der Waals surface area contributed by atoms with Crippen LogP contribution in [0.3, 0.4) is 0 Å². The largest absolute Gasteiger partial charge is 0.497 e. The Bertz CT molecular complexity index is 926. The van der Waals surface area contributed by atoms with Crippen LogP contribution < -0.4 is 10.1 Å². The molecule has 0 saturated heterocycles. The average molecular weight is 397 g/mol. The molecule has 3 rings (SSSR count). The summed E-state index contributed by atoms with van der Waals surface area (Å²) in [5.41, 5.74) is 2.42. The molecule has 1 amide bonds. The van der Waals surface area contributed by atoms with Gasteiger partial charge in [0.2, 0.25) is 0 Å². The van der Waals surface area contributed by atoms with E-state index in [9.17, 15) is 9.59 Å². The summed E-state index contributed by atoms with van der Waals surface area (Å²) in [6.45, 7) is 0.0233. The van der Waals surface area contributed by atoms with Crippen LogP contribution in [0.2, 0.25) is 0 Å². The first-order chi connectivity index (χ1) is 13.6. The van der Waals surface area contributed by atoms with Gasteiger partial charge in [0.15, 0.2) is 6.61 Å². The molecule has 144 valence electrons. The van der Waals surface area contributed by atoms with Crippen molar-refractivity contribution in [2.24, 2.45) is 0 Å². The molecular weight excluding hydrogens is 378 g/mol. The predicted octanol–water partition coefficient (Wildman–Crippen LogP) is 2.62. The van der Waals surface area contributed by atoms with Crippen LogP contribution >= 0.6 is 11.3 Å². The normalized spacial score (nSPS) is 10.3. The van der Waals surface area contributed by atoms with Gasteiger partial charge in [-0.1, -0.05) is 12.1 Å². The maximum atomic E-state index is 11.9. The second-order valence-electron chi connectivity index (χ2n) is 5.85. The first-order valence-electron chi connectivity index (χ1n) is 8.54. The zero-order chi connectivity index (χ0) is 19.8. The van der Waals surface area contributed by atoms with Gasteiger partial charge in [0.25, 0.3) is 5.91 Å². The Hall–Kier alpha value is -3.26. The smallest absolute Gasteiger partial charge is 0.312 e. The van der Waals surface area contributed by atoms with Crippen LogP contribution in [0.25, 0.3) is 10.6 Å². The van der Waals surface area contributed by atoms with E-state index >= 15 is 0 Å². The van der Waals surface area contributed by atoms with Crippen LogP contribution in [0.4, 0.5) is 0 Å². The lowest BCUT2D eigenvalue weighted by Gasteiger charge is -2.07. The van der Waals surface area contributed by atoms with Crippen molar-refractivity contribution in [1.82, 2.24) is 15.3 Å². The van der Waals surface area contributed by atoms with Crippen LogP contribution in [-0.4, -0.2) is 35.6 Å². The van der Waals surface area contributed by atoms with Crippen molar-refractivity contribution in [3.63, 3.8) is 0 Å². The van der Waals surface area contributed by atoms with Gasteiger partial charge in [-0.15, -0.1) is 11.3 Å². The number of carbonyl (C=O) groups excluding carboxylic acids is 2. The zero-order valence-corrected chi connectivity index (χ0v) is 16.1. The SMILES string of the molecule is COc1ccc(CNC(=O)COC(=O)Cc2csc(-c3cccnc3)n2)cc1. The Labute approximate surface area is 166 Å². The van der Waals surface area contributed by atoms with Gasteiger partial charge in [0, 0.05) is 29.9 Å². The fourth-order valence-corrected chi connectivity index (χ4v) is 3.16. The number of amides is 1. The van der Waals surface area contributed by atoms with Crippen molar-refractivity contribution in [3.8, 4) is 16.3 Å². The first-order valence-corrected chi connectivity index (χ1v) is 9.42. The van der Waals surface area contributed by atoms with Gasteiger partial charge < -0.3 is 14.8 Å². The van der Waals surface area contributed by atoms with Gasteiger partial charge in [-0.3, -0.25) is 14.6 Å². The van der Waals surface area contributed by atoms with E-state index in [1.807, 2.05) is 36.4 Å². The molecule has 7 nitrogen and oxygen atoms in total. The number of hydrogen-bond donors (Lipinski definition) is 1. The predicted molar refractivity (Wildman–Crippen MR) is 105 cm³/mol. The third-order valence-corrected chi connectivity index (χ3v) is 4.74. The highest BCUT2D eigenvalue weighted by atomic mass is 32.1. The molecule has 2 heterocycles. The molecule has 0 aliphatic carbocycles. The van der Waals surface area contributed by atoms with Crippen molar-refractivity contribution >= 4 is 23.2 Å². The summed E-state index contributed by atoms with van der Waals surface area (Å²) in [5, 5.41) is 5.29. The molecule has 28 heavy (non-hydrogen) atoms. The fraction of sp³-hybridized carbons (Fsp3) is 0.200. The standard InChI is InChI=1S/C20H19N3O4S/c1-26-17-6-4-14(5-7-17)10-22-18(24)12-27-19(25)9-16-13-28-20(23-16)15-3-2-8-21-11-15/h2-8,11,13H,9-10,12H2,1H3,(H,22,24). The molecule has 8 heteroatoms. The van der Waals surface area contributed by atoms with Crippen molar-refractivity contribution in [2.75, 3.05) is 13.7 Å². The second kappa shape index (κ2) is 9.61. The van der Waals surface area contributed by atoms with E-state index < -0.39 is 5.97 Å². The Morgan fingerprint density at radius 2 is 2.00 bits per heavy atom. The monoisotopic (exact) mass is 397 g/mol. The maximum Gasteiger partial charge on any atom is 0.312 e. The lowest BCUT2D eigenvalue weighted by atomic mass is 10.2. The molecule has 1 aromatic carbocycles. The lowest BCUT2D eigenvalue weighted by molar-refractivity contribution is -0.147. The Morgan fingerprint density at radius 3 is 2.71 bits per heavy atom. The minimum absolute atomic E-state index is 0.0164. The number of ether oxygens (including phenoxy) is 2. The van der Waals surface area contributed by atoms with Gasteiger partial charge in [-0.05, 0) is 29.8 Å². The third kappa shape index (κ3) is 5.62. The Morgan fingerprint density at radius 1 is 1.18 bits per heavy atom. The maximum absolute atomic E-state index is 11.9. The van der Waals surface area contributed by atoms with E-state index in [0.29, 0.717) is 12.2 Å². The average Bonchev–Trinajstić information content (AvgIpc) is 3.20. The molecule has 0 fully saturated rings. The molecule has 0 bridgehead atoms. The van der Waals surface area contributed by atoms with E-state index in [2.05, 4.69) is 15.3 Å². The number of rotatable bonds is 8. The van der Waals surface area contributed by atoms with E-state index in [-0.39, 0.29) is 18.9 Å². The number of carbonyl (C=O) groups is 2. The molecule has 3 aromatic rings. The zero-order valence-electron chi connectivity index (χ0n) is 15.3. The van der Waals surface area contributed by atoms with Crippen LogP contribution in [0.15, 0.2) is 54.2 Å². The molecular formula is C20H19N3O4S. The van der Waals surface area contributed by atoms with Gasteiger partial charge >= 0.3 is 5.97 Å². The summed E-state index contributed by atoms with van der Waals surface area (Å²) in [6, 6.07) is 11.1. The number of nitrogens with zero attached hydrogens (tertiary/aromatic N) is 2. The Balaban J connectivity index is 1.41. The summed E-state index contributed by atoms with van der Waals surface area (Å²) in [5.74, 6) is -0.112. The fourth-order valence-electron chi connectivity index (χ4n) is 2.35. The van der Waals surface area contributed by atoms with Crippen LogP contribution in [0, 0.1) is 0 Å². The van der Waals surface area contributed by atoms with Crippen LogP contribution in [-0.2, 0) is 27.3 Å². The van der Waals surface area contributed by atoms with Crippen molar-refractivity contribution in [3.05, 3.63) is 65.4 Å². The summed E-state index contributed by atoms with van der Waals surface area (Å²) >= 11 is 1.43. The van der Waals surface area contributed by atoms with E-state index in [1.165, 1.54) is 11.3 Å². The Kier molecular flexibility index (Phi) is 6.69. The van der Waals surface area contributed by atoms with Crippen molar-refractivity contribution in [1.29, 1.82) is 0 Å². The number of aromatic nitrogens is 2. The summed E-state index contributed by atoms with van der Waals surface area (Å²) in [6.07, 6.45) is 3.42. The summed E-state index contributed by atoms with van der Waals surface area (Å²) in [4.78, 5) is 32.3. The van der Waals surface area contributed by atoms with Crippen LogP contribution in [0.5, 0.6) is 5.75 Å². The molecule has 2 aromatic heterocycles. The lowest BCUT2D eigenvalue weighted by Crippen LogP contribution is -2.28. The summed E-state index contributed by atoms with van der Waals surface area (Å²) < 4.78 is 10.1. The van der Waals surface area contributed by atoms with Crippen molar-refractivity contribution in [2.45, 2.75) is 13.0 Å². The minimum atomic E-state index is -0.498. The number of methoxy groups -OCH3 is 1. The molecule has 0 unspecified atom stereocenters. The summed E-state index contributed by atoms with van der Waals surface area (Å²) in [7, 11) is 1.59. The molecule has 0 spiro atoms. The first kappa shape index (κ1) is 19.5. The molecule has 0 aliphatic heterocycles. The number of esters is 1. The van der Waals surface area contributed by atoms with E-state index in [0.717, 1.165) is 21.9 Å². The highest BCUT2D eigenvalue weighted by Crippen LogP contribution is 2.22. The van der Waals surface area contributed by atoms with E-state index in [1.54, 1.807) is 24.9 Å². The number of nitrogens with one attached hydrogen (secondary N) is 1. The van der Waals surface area contributed by atoms with Gasteiger partial charge in [-0.2, -0.15) is 0 Å². The highest BCUT2D eigenvalue weighted by Gasteiger charge is 2.12. The van der Waals surface area contributed by atoms with Gasteiger partial charge in [0.1, 0.15) is 10.8 Å². The highest BCUT2D eigenvalue weighted by molar-refractivity contribution is 7.13.